The van der Waals surface area contributed by atoms with E-state index < -0.39 is 0 Å². The lowest BCUT2D eigenvalue weighted by Crippen LogP contribution is -2.28. The van der Waals surface area contributed by atoms with Crippen molar-refractivity contribution in [2.24, 2.45) is 5.92 Å². The van der Waals surface area contributed by atoms with E-state index in [-0.39, 0.29) is 5.91 Å². The van der Waals surface area contributed by atoms with Gasteiger partial charge in [-0.25, -0.2) is 0 Å². The first kappa shape index (κ1) is 20.9. The fraction of sp³-hybridized carbons (Fsp3) is 0.318. The summed E-state index contributed by atoms with van der Waals surface area (Å²) in [5.74, 6) is 1.00. The first-order chi connectivity index (χ1) is 13.9. The van der Waals surface area contributed by atoms with Crippen LogP contribution >= 0.6 is 11.6 Å². The quantitative estimate of drug-likeness (QED) is 0.501. The summed E-state index contributed by atoms with van der Waals surface area (Å²) in [4.78, 5) is 18.8. The molecule has 152 valence electrons. The molecule has 3 heterocycles. The fourth-order valence-electron chi connectivity index (χ4n) is 3.00. The van der Waals surface area contributed by atoms with Crippen LogP contribution in [-0.2, 0) is 24.4 Å². The van der Waals surface area contributed by atoms with Crippen LogP contribution in [0.5, 0.6) is 0 Å². The van der Waals surface area contributed by atoms with Crippen LogP contribution in [0.15, 0.2) is 53.4 Å². The highest BCUT2D eigenvalue weighted by Gasteiger charge is 2.16. The number of hydrogen-bond donors (Lipinski definition) is 0. The summed E-state index contributed by atoms with van der Waals surface area (Å²) in [6.45, 7) is 7.63. The van der Waals surface area contributed by atoms with E-state index in [1.165, 1.54) is 6.08 Å². The number of carbonyl (C=O) groups excluding carboxylic acids is 1. The van der Waals surface area contributed by atoms with Gasteiger partial charge >= 0.3 is 0 Å². The van der Waals surface area contributed by atoms with Gasteiger partial charge in [-0.05, 0) is 42.7 Å². The Labute approximate surface area is 175 Å². The maximum absolute atomic E-state index is 13.0. The smallest absolute Gasteiger partial charge is 0.247 e. The van der Waals surface area contributed by atoms with Crippen molar-refractivity contribution in [3.63, 3.8) is 0 Å². The Morgan fingerprint density at radius 1 is 1.31 bits per heavy atom. The highest BCUT2D eigenvalue weighted by molar-refractivity contribution is 6.31. The highest BCUT2D eigenvalue weighted by atomic mass is 35.5. The summed E-state index contributed by atoms with van der Waals surface area (Å²) in [5, 5.41) is 5.03. The van der Waals surface area contributed by atoms with Crippen LogP contribution in [-0.4, -0.2) is 25.6 Å². The van der Waals surface area contributed by atoms with Crippen molar-refractivity contribution in [2.75, 3.05) is 0 Å². The van der Waals surface area contributed by atoms with Crippen molar-refractivity contribution in [3.05, 3.63) is 76.7 Å². The number of nitrogens with zero attached hydrogens (tertiary/aromatic N) is 4. The van der Waals surface area contributed by atoms with E-state index in [2.05, 4.69) is 23.9 Å². The minimum absolute atomic E-state index is 0.141. The molecule has 3 rings (SSSR count). The van der Waals surface area contributed by atoms with Gasteiger partial charge in [0.1, 0.15) is 10.9 Å². The van der Waals surface area contributed by atoms with Gasteiger partial charge in [0.25, 0.3) is 0 Å². The number of pyridine rings is 1. The second kappa shape index (κ2) is 9.56. The molecule has 0 unspecified atom stereocenters. The van der Waals surface area contributed by atoms with Gasteiger partial charge in [0.15, 0.2) is 0 Å². The predicted octanol–water partition coefficient (Wildman–Crippen LogP) is 4.73. The molecule has 0 radical (unpaired) electrons. The zero-order valence-electron chi connectivity index (χ0n) is 16.9. The van der Waals surface area contributed by atoms with E-state index in [0.717, 1.165) is 29.1 Å². The standard InChI is InChI=1S/C22H25ClN4O2/c1-16(2)13-27-22(23)20(17(3)25-27)8-9-21(28)26(15-19-7-5-11-29-19)14-18-6-4-10-24-12-18/h4-12,16H,13-15H2,1-3H3/b9-8+. The summed E-state index contributed by atoms with van der Waals surface area (Å²) in [6, 6.07) is 7.46. The first-order valence-electron chi connectivity index (χ1n) is 9.55. The van der Waals surface area contributed by atoms with E-state index in [9.17, 15) is 4.79 Å². The zero-order chi connectivity index (χ0) is 20.8. The number of hydrogen-bond acceptors (Lipinski definition) is 4. The van der Waals surface area contributed by atoms with Gasteiger partial charge in [0.05, 0.1) is 18.5 Å². The van der Waals surface area contributed by atoms with Gasteiger partial charge in [-0.2, -0.15) is 5.10 Å². The van der Waals surface area contributed by atoms with Crippen molar-refractivity contribution < 1.29 is 9.21 Å². The van der Waals surface area contributed by atoms with Crippen LogP contribution in [0.25, 0.3) is 6.08 Å². The van der Waals surface area contributed by atoms with E-state index in [1.54, 1.807) is 34.3 Å². The Balaban J connectivity index is 1.79. The number of rotatable bonds is 8. The molecule has 3 aromatic rings. The lowest BCUT2D eigenvalue weighted by atomic mass is 10.2. The van der Waals surface area contributed by atoms with E-state index in [4.69, 9.17) is 16.0 Å². The molecular weight excluding hydrogens is 388 g/mol. The molecule has 0 spiro atoms. The number of aromatic nitrogens is 3. The molecule has 0 saturated heterocycles. The number of aryl methyl sites for hydroxylation is 1. The van der Waals surface area contributed by atoms with Crippen LogP contribution in [0.3, 0.4) is 0 Å². The number of carbonyl (C=O) groups is 1. The molecule has 6 nitrogen and oxygen atoms in total. The normalized spacial score (nSPS) is 11.5. The van der Waals surface area contributed by atoms with E-state index in [0.29, 0.717) is 24.2 Å². The number of halogens is 1. The van der Waals surface area contributed by atoms with Gasteiger partial charge in [0, 0.05) is 37.1 Å². The molecule has 0 aliphatic heterocycles. The average Bonchev–Trinajstić information content (AvgIpc) is 3.28. The molecular formula is C22H25ClN4O2. The largest absolute Gasteiger partial charge is 0.467 e. The fourth-order valence-corrected chi connectivity index (χ4v) is 3.30. The summed E-state index contributed by atoms with van der Waals surface area (Å²) < 4.78 is 7.20. The van der Waals surface area contributed by atoms with Crippen LogP contribution in [0, 0.1) is 12.8 Å². The molecule has 3 aromatic heterocycles. The molecule has 0 fully saturated rings. The van der Waals surface area contributed by atoms with E-state index >= 15 is 0 Å². The van der Waals surface area contributed by atoms with Crippen molar-refractivity contribution in [1.29, 1.82) is 0 Å². The zero-order valence-corrected chi connectivity index (χ0v) is 17.6. The lowest BCUT2D eigenvalue weighted by molar-refractivity contribution is -0.127. The van der Waals surface area contributed by atoms with Gasteiger partial charge in [0.2, 0.25) is 5.91 Å². The molecule has 0 bridgehead atoms. The Hall–Kier alpha value is -2.86. The summed E-state index contributed by atoms with van der Waals surface area (Å²) >= 11 is 6.48. The first-order valence-corrected chi connectivity index (χ1v) is 9.93. The monoisotopic (exact) mass is 412 g/mol. The lowest BCUT2D eigenvalue weighted by Gasteiger charge is -2.20. The van der Waals surface area contributed by atoms with Gasteiger partial charge in [-0.1, -0.05) is 31.5 Å². The third-order valence-corrected chi connectivity index (χ3v) is 4.77. The molecule has 0 aromatic carbocycles. The van der Waals surface area contributed by atoms with E-state index in [1.807, 2.05) is 31.2 Å². The number of furan rings is 1. The van der Waals surface area contributed by atoms with Gasteiger partial charge in [-0.3, -0.25) is 14.5 Å². The maximum atomic E-state index is 13.0. The number of amides is 1. The minimum Gasteiger partial charge on any atom is -0.467 e. The van der Waals surface area contributed by atoms with Crippen molar-refractivity contribution in [3.8, 4) is 0 Å². The third kappa shape index (κ3) is 5.57. The van der Waals surface area contributed by atoms with Crippen molar-refractivity contribution in [2.45, 2.75) is 40.4 Å². The average molecular weight is 413 g/mol. The Morgan fingerprint density at radius 2 is 2.14 bits per heavy atom. The molecule has 29 heavy (non-hydrogen) atoms. The SMILES string of the molecule is Cc1nn(CC(C)C)c(Cl)c1/C=C/C(=O)N(Cc1cccnc1)Cc1ccco1. The molecule has 1 amide bonds. The predicted molar refractivity (Wildman–Crippen MR) is 113 cm³/mol. The Bertz CT molecular complexity index is 962. The highest BCUT2D eigenvalue weighted by Crippen LogP contribution is 2.22. The minimum atomic E-state index is -0.141. The van der Waals surface area contributed by atoms with Crippen LogP contribution in [0.4, 0.5) is 0 Å². The molecule has 0 aliphatic rings. The van der Waals surface area contributed by atoms with Crippen LogP contribution < -0.4 is 0 Å². The summed E-state index contributed by atoms with van der Waals surface area (Å²) in [6.07, 6.45) is 8.34. The topological polar surface area (TPSA) is 64.2 Å². The Morgan fingerprint density at radius 3 is 2.79 bits per heavy atom. The summed E-state index contributed by atoms with van der Waals surface area (Å²) in [5.41, 5.74) is 2.50. The van der Waals surface area contributed by atoms with Crippen LogP contribution in [0.1, 0.15) is 36.4 Å². The van der Waals surface area contributed by atoms with Crippen LogP contribution in [0.2, 0.25) is 5.15 Å². The van der Waals surface area contributed by atoms with Gasteiger partial charge < -0.3 is 9.32 Å². The third-order valence-electron chi connectivity index (χ3n) is 4.37. The Kier molecular flexibility index (Phi) is 6.88. The van der Waals surface area contributed by atoms with Crippen molar-refractivity contribution >= 4 is 23.6 Å². The molecule has 0 aliphatic carbocycles. The molecule has 0 atom stereocenters. The second-order valence-corrected chi connectivity index (χ2v) is 7.69. The molecule has 7 heteroatoms. The van der Waals surface area contributed by atoms with Gasteiger partial charge in [-0.15, -0.1) is 0 Å². The molecule has 0 N–H and O–H groups in total. The van der Waals surface area contributed by atoms with Crippen molar-refractivity contribution in [1.82, 2.24) is 19.7 Å². The summed E-state index contributed by atoms with van der Waals surface area (Å²) in [7, 11) is 0. The molecule has 0 saturated carbocycles. The second-order valence-electron chi connectivity index (χ2n) is 7.33. The maximum Gasteiger partial charge on any atom is 0.247 e.